The second-order valence-corrected chi connectivity index (χ2v) is 6.93. The Balaban J connectivity index is 2.11. The Labute approximate surface area is 133 Å². The topological polar surface area (TPSA) is 86.7 Å². The molecule has 1 amide bonds. The first-order chi connectivity index (χ1) is 10.9. The van der Waals surface area contributed by atoms with Gasteiger partial charge in [-0.15, -0.1) is 0 Å². The maximum atomic E-state index is 12.5. The van der Waals surface area contributed by atoms with Crippen molar-refractivity contribution in [3.8, 4) is 0 Å². The van der Waals surface area contributed by atoms with Gasteiger partial charge in [0, 0.05) is 18.3 Å². The molecule has 0 spiro atoms. The average molecular weight is 330 g/mol. The van der Waals surface area contributed by atoms with Crippen molar-refractivity contribution in [2.45, 2.75) is 4.90 Å². The van der Waals surface area contributed by atoms with Crippen molar-refractivity contribution in [2.24, 2.45) is 0 Å². The number of hydrogen-bond donors (Lipinski definition) is 2. The second-order valence-electron chi connectivity index (χ2n) is 4.99. The summed E-state index contributed by atoms with van der Waals surface area (Å²) in [5, 5.41) is 12.9. The molecular weight excluding hydrogens is 316 g/mol. The first kappa shape index (κ1) is 15.1. The monoisotopic (exact) mass is 330 g/mol. The zero-order valence-corrected chi connectivity index (χ0v) is 13.0. The molecule has 1 aliphatic rings. The van der Waals surface area contributed by atoms with Crippen LogP contribution in [0.25, 0.3) is 5.57 Å². The van der Waals surface area contributed by atoms with Gasteiger partial charge in [0.1, 0.15) is 5.57 Å². The Kier molecular flexibility index (Phi) is 3.57. The Morgan fingerprint density at radius 3 is 2.35 bits per heavy atom. The number of carbonyl (C=O) groups excluding carboxylic acids is 1. The predicted molar refractivity (Wildman–Crippen MR) is 86.0 cm³/mol. The predicted octanol–water partition coefficient (Wildman–Crippen LogP) is 2.19. The summed E-state index contributed by atoms with van der Waals surface area (Å²) in [6, 6.07) is 14.8. The normalized spacial score (nSPS) is 16.0. The fourth-order valence-electron chi connectivity index (χ4n) is 2.38. The minimum absolute atomic E-state index is 0.0153. The van der Waals surface area contributed by atoms with Crippen molar-refractivity contribution in [3.05, 3.63) is 66.0 Å². The quantitative estimate of drug-likeness (QED) is 0.883. The first-order valence-electron chi connectivity index (χ1n) is 6.81. The molecule has 0 radical (unpaired) electrons. The number of carbonyl (C=O) groups is 1. The van der Waals surface area contributed by atoms with Crippen LogP contribution in [-0.2, 0) is 14.8 Å². The number of para-hydroxylation sites is 1. The van der Waals surface area contributed by atoms with E-state index in [1.165, 1.54) is 19.2 Å². The van der Waals surface area contributed by atoms with Gasteiger partial charge in [0.2, 0.25) is 5.88 Å². The summed E-state index contributed by atoms with van der Waals surface area (Å²) >= 11 is 0. The van der Waals surface area contributed by atoms with Gasteiger partial charge >= 0.3 is 0 Å². The first-order valence-corrected chi connectivity index (χ1v) is 8.25. The van der Waals surface area contributed by atoms with Gasteiger partial charge in [-0.3, -0.25) is 4.79 Å². The fraction of sp³-hybridized carbons (Fsp3) is 0.0625. The lowest BCUT2D eigenvalue weighted by Crippen LogP contribution is -2.34. The number of nitrogens with one attached hydrogen (secondary N) is 1. The molecule has 0 atom stereocenters. The van der Waals surface area contributed by atoms with Crippen molar-refractivity contribution in [1.82, 2.24) is 4.31 Å². The van der Waals surface area contributed by atoms with E-state index < -0.39 is 21.8 Å². The van der Waals surface area contributed by atoms with Crippen molar-refractivity contribution < 1.29 is 18.3 Å². The third-order valence-corrected chi connectivity index (χ3v) is 5.38. The summed E-state index contributed by atoms with van der Waals surface area (Å²) in [4.78, 5) is 12.5. The molecule has 0 saturated heterocycles. The minimum atomic E-state index is -3.86. The van der Waals surface area contributed by atoms with Gasteiger partial charge in [0.25, 0.3) is 15.9 Å². The largest absolute Gasteiger partial charge is 0.493 e. The number of benzene rings is 2. The van der Waals surface area contributed by atoms with Crippen LogP contribution in [0.1, 0.15) is 5.56 Å². The highest BCUT2D eigenvalue weighted by Crippen LogP contribution is 2.35. The number of rotatable bonds is 2. The second kappa shape index (κ2) is 5.44. The number of nitrogens with zero attached hydrogens (tertiary/aromatic N) is 1. The summed E-state index contributed by atoms with van der Waals surface area (Å²) in [5.41, 5.74) is 0.643. The number of amides is 1. The molecule has 0 aromatic heterocycles. The number of sulfonamides is 1. The molecule has 23 heavy (non-hydrogen) atoms. The van der Waals surface area contributed by atoms with Crippen LogP contribution in [-0.4, -0.2) is 30.8 Å². The SMILES string of the molecule is CN1C(O)=C(C(=O)Nc2ccccc2)c2ccccc2S1(=O)=O. The van der Waals surface area contributed by atoms with E-state index >= 15 is 0 Å². The molecule has 0 saturated carbocycles. The third-order valence-electron chi connectivity index (χ3n) is 3.58. The van der Waals surface area contributed by atoms with Gasteiger partial charge in [0.05, 0.1) is 4.90 Å². The van der Waals surface area contributed by atoms with E-state index in [4.69, 9.17) is 0 Å². The molecule has 0 aliphatic carbocycles. The Morgan fingerprint density at radius 2 is 1.65 bits per heavy atom. The zero-order valence-electron chi connectivity index (χ0n) is 12.2. The van der Waals surface area contributed by atoms with Gasteiger partial charge in [0.15, 0.2) is 0 Å². The fourth-order valence-corrected chi connectivity index (χ4v) is 3.69. The number of aliphatic hydroxyl groups excluding tert-OH is 1. The van der Waals surface area contributed by atoms with Crippen LogP contribution in [0.2, 0.25) is 0 Å². The van der Waals surface area contributed by atoms with Gasteiger partial charge < -0.3 is 10.4 Å². The van der Waals surface area contributed by atoms with Crippen LogP contribution in [0.3, 0.4) is 0 Å². The average Bonchev–Trinajstić information content (AvgIpc) is 2.54. The molecule has 0 unspecified atom stereocenters. The highest BCUT2D eigenvalue weighted by Gasteiger charge is 2.37. The number of hydrogen-bond acceptors (Lipinski definition) is 4. The molecule has 2 aromatic carbocycles. The molecule has 7 heteroatoms. The number of fused-ring (bicyclic) bond motifs is 1. The van der Waals surface area contributed by atoms with Gasteiger partial charge in [-0.05, 0) is 18.2 Å². The highest BCUT2D eigenvalue weighted by molar-refractivity contribution is 7.89. The molecule has 2 aromatic rings. The van der Waals surface area contributed by atoms with Crippen LogP contribution in [0.15, 0.2) is 65.4 Å². The van der Waals surface area contributed by atoms with E-state index in [1.807, 2.05) is 6.07 Å². The maximum Gasteiger partial charge on any atom is 0.266 e. The van der Waals surface area contributed by atoms with Crippen molar-refractivity contribution in [3.63, 3.8) is 0 Å². The molecular formula is C16H14N2O4S. The molecule has 3 rings (SSSR count). The summed E-state index contributed by atoms with van der Waals surface area (Å²) in [6.07, 6.45) is 0. The van der Waals surface area contributed by atoms with Crippen molar-refractivity contribution in [1.29, 1.82) is 0 Å². The number of anilines is 1. The Hall–Kier alpha value is -2.80. The van der Waals surface area contributed by atoms with Gasteiger partial charge in [-0.2, -0.15) is 0 Å². The van der Waals surface area contributed by atoms with E-state index in [1.54, 1.807) is 36.4 Å². The molecule has 2 N–H and O–H groups in total. The smallest absolute Gasteiger partial charge is 0.266 e. The van der Waals surface area contributed by atoms with Crippen LogP contribution >= 0.6 is 0 Å². The summed E-state index contributed by atoms with van der Waals surface area (Å²) in [6.45, 7) is 0. The summed E-state index contributed by atoms with van der Waals surface area (Å²) < 4.78 is 25.4. The molecule has 0 bridgehead atoms. The van der Waals surface area contributed by atoms with Crippen LogP contribution in [0, 0.1) is 0 Å². The Morgan fingerprint density at radius 1 is 1.04 bits per heavy atom. The number of aliphatic hydroxyl groups is 1. The van der Waals surface area contributed by atoms with Crippen LogP contribution in [0.4, 0.5) is 5.69 Å². The van der Waals surface area contributed by atoms with E-state index in [0.29, 0.717) is 9.99 Å². The van der Waals surface area contributed by atoms with Gasteiger partial charge in [-0.1, -0.05) is 36.4 Å². The summed E-state index contributed by atoms with van der Waals surface area (Å²) in [7, 11) is -2.66. The molecule has 1 aliphatic heterocycles. The Bertz CT molecular complexity index is 905. The lowest BCUT2D eigenvalue weighted by atomic mass is 10.0. The molecule has 1 heterocycles. The lowest BCUT2D eigenvalue weighted by Gasteiger charge is -2.27. The maximum absolute atomic E-state index is 12.5. The van der Waals surface area contributed by atoms with E-state index in [-0.39, 0.29) is 16.0 Å². The highest BCUT2D eigenvalue weighted by atomic mass is 32.2. The lowest BCUT2D eigenvalue weighted by molar-refractivity contribution is -0.111. The van der Waals surface area contributed by atoms with Crippen molar-refractivity contribution in [2.75, 3.05) is 12.4 Å². The van der Waals surface area contributed by atoms with Crippen LogP contribution < -0.4 is 5.32 Å². The molecule has 6 nitrogen and oxygen atoms in total. The van der Waals surface area contributed by atoms with E-state index in [2.05, 4.69) is 5.32 Å². The third kappa shape index (κ3) is 2.44. The summed E-state index contributed by atoms with van der Waals surface area (Å²) in [5.74, 6) is -1.18. The van der Waals surface area contributed by atoms with Crippen molar-refractivity contribution >= 4 is 27.2 Å². The molecule has 118 valence electrons. The molecule has 0 fully saturated rings. The van der Waals surface area contributed by atoms with Gasteiger partial charge in [-0.25, -0.2) is 12.7 Å². The van der Waals surface area contributed by atoms with E-state index in [9.17, 15) is 18.3 Å². The minimum Gasteiger partial charge on any atom is -0.493 e. The van der Waals surface area contributed by atoms with Crippen LogP contribution in [0.5, 0.6) is 0 Å². The van der Waals surface area contributed by atoms with E-state index in [0.717, 1.165) is 0 Å². The standard InChI is InChI=1S/C16H14N2O4S/c1-18-16(20)14(15(19)17-11-7-3-2-4-8-11)12-9-5-6-10-13(12)23(18,21)22/h2-10,20H,1H3,(H,17,19). The zero-order chi connectivity index (χ0) is 16.6.